The van der Waals surface area contributed by atoms with Crippen molar-refractivity contribution < 1.29 is 8.81 Å². The second kappa shape index (κ2) is 11.4. The number of nitrogens with zero attached hydrogens (tertiary/aromatic N) is 4. The number of halogens is 1. The van der Waals surface area contributed by atoms with Gasteiger partial charge in [-0.2, -0.15) is 0 Å². The van der Waals surface area contributed by atoms with Crippen molar-refractivity contribution >= 4 is 17.6 Å². The molecule has 4 rings (SSSR count). The molecule has 0 aliphatic carbocycles. The Bertz CT molecular complexity index is 1240. The Labute approximate surface area is 208 Å². The van der Waals surface area contributed by atoms with Crippen LogP contribution in [-0.4, -0.2) is 38.1 Å². The van der Waals surface area contributed by atoms with Gasteiger partial charge < -0.3 is 15.5 Å². The molecule has 0 aliphatic heterocycles. The number of aromatic nitrogens is 4. The number of nitrogen functional groups attached to an aromatic ring is 1. The maximum Gasteiger partial charge on any atom is 0.270 e. The lowest BCUT2D eigenvalue weighted by molar-refractivity contribution is 0.344. The Morgan fingerprint density at radius 1 is 1.00 bits per heavy atom. The smallest absolute Gasteiger partial charge is 0.270 e. The summed E-state index contributed by atoms with van der Waals surface area (Å²) in [5.74, 6) is 0.782. The lowest BCUT2D eigenvalue weighted by Gasteiger charge is -2.09. The summed E-state index contributed by atoms with van der Waals surface area (Å²) in [6.45, 7) is 6.83. The van der Waals surface area contributed by atoms with Crippen LogP contribution in [0.1, 0.15) is 32.8 Å². The SMILES string of the molecule is CCC(C)Sc1ccc(-c2cnc(N)c(-c3nnc(-c4ccc(CNCC(C)F)cc4)o3)n2)cc1. The van der Waals surface area contributed by atoms with Crippen LogP contribution in [0.3, 0.4) is 0 Å². The number of thioether (sulfide) groups is 1. The van der Waals surface area contributed by atoms with E-state index in [1.807, 2.05) is 48.2 Å². The third kappa shape index (κ3) is 6.43. The number of benzene rings is 2. The van der Waals surface area contributed by atoms with Crippen molar-refractivity contribution in [2.24, 2.45) is 0 Å². The Balaban J connectivity index is 1.50. The van der Waals surface area contributed by atoms with Gasteiger partial charge in [0, 0.05) is 34.4 Å². The van der Waals surface area contributed by atoms with Crippen molar-refractivity contribution in [1.82, 2.24) is 25.5 Å². The second-order valence-corrected chi connectivity index (χ2v) is 9.88. The molecule has 4 aromatic rings. The van der Waals surface area contributed by atoms with Crippen molar-refractivity contribution in [3.63, 3.8) is 0 Å². The fraction of sp³-hybridized carbons (Fsp3) is 0.308. The third-order valence-corrected chi connectivity index (χ3v) is 6.73. The van der Waals surface area contributed by atoms with Crippen molar-refractivity contribution in [3.05, 3.63) is 60.3 Å². The monoisotopic (exact) mass is 492 g/mol. The van der Waals surface area contributed by atoms with E-state index in [-0.39, 0.29) is 11.7 Å². The zero-order valence-corrected chi connectivity index (χ0v) is 20.8. The normalized spacial score (nSPS) is 13.0. The predicted molar refractivity (Wildman–Crippen MR) is 138 cm³/mol. The van der Waals surface area contributed by atoms with E-state index in [2.05, 4.69) is 51.5 Å². The maximum atomic E-state index is 12.9. The van der Waals surface area contributed by atoms with Gasteiger partial charge in [0.15, 0.2) is 11.5 Å². The first kappa shape index (κ1) is 24.8. The molecule has 0 spiro atoms. The van der Waals surface area contributed by atoms with Gasteiger partial charge in [-0.05, 0) is 43.2 Å². The van der Waals surface area contributed by atoms with E-state index in [4.69, 9.17) is 10.2 Å². The van der Waals surface area contributed by atoms with Crippen LogP contribution in [-0.2, 0) is 6.54 Å². The number of hydrogen-bond acceptors (Lipinski definition) is 8. The minimum Gasteiger partial charge on any atom is -0.414 e. The molecule has 9 heteroatoms. The first-order chi connectivity index (χ1) is 16.9. The molecule has 0 amide bonds. The minimum atomic E-state index is -0.881. The van der Waals surface area contributed by atoms with Crippen molar-refractivity contribution in [3.8, 4) is 34.3 Å². The molecule has 7 nitrogen and oxygen atoms in total. The number of alkyl halides is 1. The van der Waals surface area contributed by atoms with Gasteiger partial charge in [-0.3, -0.25) is 0 Å². The van der Waals surface area contributed by atoms with Crippen LogP contribution >= 0.6 is 11.8 Å². The first-order valence-electron chi connectivity index (χ1n) is 11.6. The predicted octanol–water partition coefficient (Wildman–Crippen LogP) is 5.78. The highest BCUT2D eigenvalue weighted by Crippen LogP contribution is 2.30. The quantitative estimate of drug-likeness (QED) is 0.269. The van der Waals surface area contributed by atoms with E-state index in [0.29, 0.717) is 35.6 Å². The maximum absolute atomic E-state index is 12.9. The summed E-state index contributed by atoms with van der Waals surface area (Å²) in [6.07, 6.45) is 1.88. The molecule has 35 heavy (non-hydrogen) atoms. The molecular formula is C26H29FN6OS. The first-order valence-corrected chi connectivity index (χ1v) is 12.5. The van der Waals surface area contributed by atoms with E-state index in [9.17, 15) is 4.39 Å². The fourth-order valence-electron chi connectivity index (χ4n) is 3.33. The van der Waals surface area contributed by atoms with Crippen LogP contribution in [0.15, 0.2) is 64.0 Å². The molecular weight excluding hydrogens is 463 g/mol. The summed E-state index contributed by atoms with van der Waals surface area (Å²) in [4.78, 5) is 10.2. The molecule has 0 radical (unpaired) electrons. The summed E-state index contributed by atoms with van der Waals surface area (Å²) in [7, 11) is 0. The van der Waals surface area contributed by atoms with Crippen molar-refractivity contribution in [1.29, 1.82) is 0 Å². The fourth-order valence-corrected chi connectivity index (χ4v) is 4.26. The number of rotatable bonds is 10. The van der Waals surface area contributed by atoms with Crippen LogP contribution in [0.25, 0.3) is 34.3 Å². The molecule has 0 aliphatic rings. The van der Waals surface area contributed by atoms with Gasteiger partial charge in [-0.15, -0.1) is 22.0 Å². The highest BCUT2D eigenvalue weighted by atomic mass is 32.2. The van der Waals surface area contributed by atoms with Crippen LogP contribution in [0.2, 0.25) is 0 Å². The van der Waals surface area contributed by atoms with Gasteiger partial charge in [0.05, 0.1) is 11.9 Å². The molecule has 2 aromatic heterocycles. The summed E-state index contributed by atoms with van der Waals surface area (Å²) in [5.41, 5.74) is 9.84. The molecule has 0 bridgehead atoms. The molecule has 0 saturated carbocycles. The molecule has 2 heterocycles. The summed E-state index contributed by atoms with van der Waals surface area (Å²) < 4.78 is 18.8. The minimum absolute atomic E-state index is 0.207. The van der Waals surface area contributed by atoms with E-state index in [1.54, 1.807) is 6.20 Å². The standard InChI is InChI=1S/C26H29FN6OS/c1-4-17(3)35-21-11-9-19(10-12-21)22-15-30-24(28)23(31-22)26-33-32-25(34-26)20-7-5-18(6-8-20)14-29-13-16(2)27/h5-12,15-17,29H,4,13-14H2,1-3H3,(H2,28,30). The summed E-state index contributed by atoms with van der Waals surface area (Å²) in [6, 6.07) is 15.9. The molecule has 0 saturated heterocycles. The number of hydrogen-bond donors (Lipinski definition) is 2. The van der Waals surface area contributed by atoms with Crippen molar-refractivity contribution in [2.45, 2.75) is 50.1 Å². The van der Waals surface area contributed by atoms with Crippen LogP contribution < -0.4 is 11.1 Å². The number of anilines is 1. The average Bonchev–Trinajstić information content (AvgIpc) is 3.35. The van der Waals surface area contributed by atoms with E-state index in [1.165, 1.54) is 11.8 Å². The molecule has 2 unspecified atom stereocenters. The average molecular weight is 493 g/mol. The van der Waals surface area contributed by atoms with Gasteiger partial charge in [-0.25, -0.2) is 14.4 Å². The highest BCUT2D eigenvalue weighted by molar-refractivity contribution is 7.99. The molecule has 3 N–H and O–H groups in total. The van der Waals surface area contributed by atoms with Crippen LogP contribution in [0, 0.1) is 0 Å². The Hall–Kier alpha value is -3.30. The Morgan fingerprint density at radius 2 is 1.69 bits per heavy atom. The number of nitrogens with one attached hydrogen (secondary N) is 1. The zero-order valence-electron chi connectivity index (χ0n) is 20.0. The van der Waals surface area contributed by atoms with Gasteiger partial charge in [0.2, 0.25) is 5.89 Å². The second-order valence-electron chi connectivity index (χ2n) is 8.37. The van der Waals surface area contributed by atoms with E-state index < -0.39 is 6.17 Å². The molecule has 0 fully saturated rings. The van der Waals surface area contributed by atoms with Crippen molar-refractivity contribution in [2.75, 3.05) is 12.3 Å². The highest BCUT2D eigenvalue weighted by Gasteiger charge is 2.17. The molecule has 2 atom stereocenters. The summed E-state index contributed by atoms with van der Waals surface area (Å²) >= 11 is 1.85. The van der Waals surface area contributed by atoms with Crippen LogP contribution in [0.4, 0.5) is 10.2 Å². The topological polar surface area (TPSA) is 103 Å². The van der Waals surface area contributed by atoms with E-state index >= 15 is 0 Å². The molecule has 182 valence electrons. The lowest BCUT2D eigenvalue weighted by Crippen LogP contribution is -2.21. The van der Waals surface area contributed by atoms with E-state index in [0.717, 1.165) is 23.1 Å². The van der Waals surface area contributed by atoms with Gasteiger partial charge in [-0.1, -0.05) is 38.1 Å². The largest absolute Gasteiger partial charge is 0.414 e. The Kier molecular flexibility index (Phi) is 8.09. The molecule has 2 aromatic carbocycles. The van der Waals surface area contributed by atoms with Gasteiger partial charge >= 0.3 is 0 Å². The van der Waals surface area contributed by atoms with Gasteiger partial charge in [0.25, 0.3) is 5.89 Å². The third-order valence-electron chi connectivity index (χ3n) is 5.45. The lowest BCUT2D eigenvalue weighted by atomic mass is 10.1. The van der Waals surface area contributed by atoms with Gasteiger partial charge in [0.1, 0.15) is 6.17 Å². The summed E-state index contributed by atoms with van der Waals surface area (Å²) in [5, 5.41) is 11.9. The Morgan fingerprint density at radius 3 is 2.37 bits per heavy atom. The van der Waals surface area contributed by atoms with Crippen LogP contribution in [0.5, 0.6) is 0 Å². The number of nitrogens with two attached hydrogens (primary N) is 1. The zero-order chi connectivity index (χ0) is 24.8.